The normalized spacial score (nSPS) is 9.60. The third-order valence-corrected chi connectivity index (χ3v) is 3.22. The Morgan fingerprint density at radius 2 is 1.76 bits per heavy atom. The highest BCUT2D eigenvalue weighted by atomic mass is 16.5. The van der Waals surface area contributed by atoms with E-state index in [2.05, 4.69) is 16.6 Å². The number of ether oxygens (including phenoxy) is 2. The van der Waals surface area contributed by atoms with Gasteiger partial charge < -0.3 is 20.1 Å². The van der Waals surface area contributed by atoms with Crippen LogP contribution in [0.5, 0.6) is 11.5 Å². The minimum atomic E-state index is -0.400. The maximum absolute atomic E-state index is 12.1. The molecule has 0 aliphatic rings. The van der Waals surface area contributed by atoms with Gasteiger partial charge in [-0.05, 0) is 24.3 Å². The van der Waals surface area contributed by atoms with E-state index in [1.165, 1.54) is 7.11 Å². The zero-order chi connectivity index (χ0) is 18.1. The van der Waals surface area contributed by atoms with Crippen molar-refractivity contribution in [2.45, 2.75) is 0 Å². The van der Waals surface area contributed by atoms with Crippen molar-refractivity contribution in [1.29, 1.82) is 0 Å². The smallest absolute Gasteiger partial charge is 0.262 e. The number of para-hydroxylation sites is 3. The van der Waals surface area contributed by atoms with Crippen molar-refractivity contribution in [3.63, 3.8) is 0 Å². The molecule has 0 unspecified atom stereocenters. The predicted octanol–water partition coefficient (Wildman–Crippen LogP) is 2.08. The van der Waals surface area contributed by atoms with Gasteiger partial charge >= 0.3 is 0 Å². The molecule has 0 radical (unpaired) electrons. The second kappa shape index (κ2) is 8.99. The molecule has 6 heteroatoms. The molecule has 0 fully saturated rings. The van der Waals surface area contributed by atoms with Gasteiger partial charge in [0.15, 0.2) is 18.1 Å². The summed E-state index contributed by atoms with van der Waals surface area (Å²) in [6, 6.07) is 13.7. The van der Waals surface area contributed by atoms with E-state index in [4.69, 9.17) is 15.9 Å². The van der Waals surface area contributed by atoms with Crippen LogP contribution in [0.4, 0.5) is 5.69 Å². The summed E-state index contributed by atoms with van der Waals surface area (Å²) in [6.07, 6.45) is 5.13. The Morgan fingerprint density at radius 3 is 2.48 bits per heavy atom. The Labute approximate surface area is 146 Å². The van der Waals surface area contributed by atoms with Crippen molar-refractivity contribution in [3.05, 3.63) is 54.1 Å². The van der Waals surface area contributed by atoms with E-state index >= 15 is 0 Å². The highest BCUT2D eigenvalue weighted by Crippen LogP contribution is 2.25. The molecule has 2 rings (SSSR count). The van der Waals surface area contributed by atoms with Crippen LogP contribution in [0.3, 0.4) is 0 Å². The van der Waals surface area contributed by atoms with Crippen LogP contribution in [0.1, 0.15) is 10.4 Å². The standard InChI is InChI=1S/C19H18N2O4/c1-3-12-20-19(23)14-8-4-5-9-15(14)21-18(22)13-25-17-11-7-6-10-16(17)24-2/h1,4-11H,12-13H2,2H3,(H,20,23)(H,21,22). The van der Waals surface area contributed by atoms with Crippen LogP contribution < -0.4 is 20.1 Å². The van der Waals surface area contributed by atoms with E-state index in [0.717, 1.165) is 0 Å². The van der Waals surface area contributed by atoms with Crippen molar-refractivity contribution in [1.82, 2.24) is 5.32 Å². The van der Waals surface area contributed by atoms with E-state index in [-0.39, 0.29) is 19.1 Å². The fourth-order valence-electron chi connectivity index (χ4n) is 2.08. The Kier molecular flexibility index (Phi) is 6.43. The van der Waals surface area contributed by atoms with E-state index in [0.29, 0.717) is 22.7 Å². The highest BCUT2D eigenvalue weighted by molar-refractivity contribution is 6.04. The molecule has 2 aromatic carbocycles. The van der Waals surface area contributed by atoms with Crippen LogP contribution in [0, 0.1) is 12.3 Å². The van der Waals surface area contributed by atoms with E-state index in [9.17, 15) is 9.59 Å². The first-order valence-corrected chi connectivity index (χ1v) is 7.52. The van der Waals surface area contributed by atoms with Crippen LogP contribution in [0.2, 0.25) is 0 Å². The lowest BCUT2D eigenvalue weighted by atomic mass is 10.1. The van der Waals surface area contributed by atoms with Crippen molar-refractivity contribution < 1.29 is 19.1 Å². The SMILES string of the molecule is C#CCNC(=O)c1ccccc1NC(=O)COc1ccccc1OC. The van der Waals surface area contributed by atoms with Gasteiger partial charge in [-0.25, -0.2) is 0 Å². The largest absolute Gasteiger partial charge is 0.493 e. The molecule has 2 aromatic rings. The van der Waals surface area contributed by atoms with Gasteiger partial charge in [0.2, 0.25) is 0 Å². The van der Waals surface area contributed by atoms with Crippen LogP contribution >= 0.6 is 0 Å². The molecular weight excluding hydrogens is 320 g/mol. The molecule has 0 atom stereocenters. The molecule has 0 saturated carbocycles. The molecule has 6 nitrogen and oxygen atoms in total. The summed E-state index contributed by atoms with van der Waals surface area (Å²) in [6.45, 7) is -0.112. The first kappa shape index (κ1) is 17.9. The zero-order valence-corrected chi connectivity index (χ0v) is 13.7. The topological polar surface area (TPSA) is 76.7 Å². The summed E-state index contributed by atoms with van der Waals surface area (Å²) in [5.74, 6) is 2.56. The Bertz CT molecular complexity index is 796. The van der Waals surface area contributed by atoms with Crippen molar-refractivity contribution in [3.8, 4) is 23.8 Å². The number of methoxy groups -OCH3 is 1. The van der Waals surface area contributed by atoms with Gasteiger partial charge in [-0.2, -0.15) is 0 Å². The van der Waals surface area contributed by atoms with Gasteiger partial charge in [0.05, 0.1) is 24.9 Å². The van der Waals surface area contributed by atoms with Crippen LogP contribution in [0.15, 0.2) is 48.5 Å². The second-order valence-corrected chi connectivity index (χ2v) is 4.92. The summed E-state index contributed by atoms with van der Waals surface area (Å²) >= 11 is 0. The summed E-state index contributed by atoms with van der Waals surface area (Å²) in [5, 5.41) is 5.22. The first-order chi connectivity index (χ1) is 12.2. The lowest BCUT2D eigenvalue weighted by Crippen LogP contribution is -2.26. The van der Waals surface area contributed by atoms with E-state index in [1.807, 2.05) is 0 Å². The lowest BCUT2D eigenvalue weighted by Gasteiger charge is -2.12. The molecule has 0 aliphatic heterocycles. The maximum Gasteiger partial charge on any atom is 0.262 e. The molecule has 2 N–H and O–H groups in total. The number of hydrogen-bond acceptors (Lipinski definition) is 4. The van der Waals surface area contributed by atoms with E-state index in [1.54, 1.807) is 48.5 Å². The van der Waals surface area contributed by atoms with Crippen molar-refractivity contribution in [2.24, 2.45) is 0 Å². The Balaban J connectivity index is 2.01. The van der Waals surface area contributed by atoms with Crippen LogP contribution in [-0.2, 0) is 4.79 Å². The molecular formula is C19H18N2O4. The van der Waals surface area contributed by atoms with Gasteiger partial charge in [0.25, 0.3) is 11.8 Å². The van der Waals surface area contributed by atoms with Gasteiger partial charge in [0, 0.05) is 0 Å². The molecule has 0 bridgehead atoms. The van der Waals surface area contributed by atoms with Gasteiger partial charge in [-0.1, -0.05) is 30.2 Å². The number of amides is 2. The average molecular weight is 338 g/mol. The average Bonchev–Trinajstić information content (AvgIpc) is 2.65. The molecule has 128 valence electrons. The number of nitrogens with one attached hydrogen (secondary N) is 2. The molecule has 0 heterocycles. The second-order valence-electron chi connectivity index (χ2n) is 4.92. The number of carbonyl (C=O) groups excluding carboxylic acids is 2. The number of anilines is 1. The molecule has 2 amide bonds. The van der Waals surface area contributed by atoms with Gasteiger partial charge in [0.1, 0.15) is 0 Å². The first-order valence-electron chi connectivity index (χ1n) is 7.52. The van der Waals surface area contributed by atoms with Crippen LogP contribution in [-0.4, -0.2) is 32.1 Å². The fraction of sp³-hybridized carbons (Fsp3) is 0.158. The Morgan fingerprint density at radius 1 is 1.08 bits per heavy atom. The monoisotopic (exact) mass is 338 g/mol. The summed E-state index contributed by atoms with van der Waals surface area (Å²) < 4.78 is 10.6. The zero-order valence-electron chi connectivity index (χ0n) is 13.7. The minimum Gasteiger partial charge on any atom is -0.493 e. The van der Waals surface area contributed by atoms with Crippen molar-refractivity contribution in [2.75, 3.05) is 25.6 Å². The third kappa shape index (κ3) is 5.01. The molecule has 0 aromatic heterocycles. The quantitative estimate of drug-likeness (QED) is 0.758. The molecule has 0 aliphatic carbocycles. The van der Waals surface area contributed by atoms with Crippen molar-refractivity contribution >= 4 is 17.5 Å². The molecule has 0 saturated heterocycles. The number of benzene rings is 2. The number of rotatable bonds is 7. The maximum atomic E-state index is 12.1. The third-order valence-electron chi connectivity index (χ3n) is 3.22. The fourth-order valence-corrected chi connectivity index (χ4v) is 2.08. The van der Waals surface area contributed by atoms with Gasteiger partial charge in [-0.3, -0.25) is 9.59 Å². The van der Waals surface area contributed by atoms with E-state index < -0.39 is 5.91 Å². The minimum absolute atomic E-state index is 0.109. The molecule has 25 heavy (non-hydrogen) atoms. The number of terminal acetylenes is 1. The Hall–Kier alpha value is -3.46. The number of hydrogen-bond donors (Lipinski definition) is 2. The predicted molar refractivity (Wildman–Crippen MR) is 94.7 cm³/mol. The summed E-state index contributed by atoms with van der Waals surface area (Å²) in [5.41, 5.74) is 0.703. The lowest BCUT2D eigenvalue weighted by molar-refractivity contribution is -0.118. The molecule has 0 spiro atoms. The summed E-state index contributed by atoms with van der Waals surface area (Å²) in [4.78, 5) is 24.2. The van der Waals surface area contributed by atoms with Crippen LogP contribution in [0.25, 0.3) is 0 Å². The summed E-state index contributed by atoms with van der Waals surface area (Å²) in [7, 11) is 1.52. The van der Waals surface area contributed by atoms with Gasteiger partial charge in [-0.15, -0.1) is 6.42 Å². The highest BCUT2D eigenvalue weighted by Gasteiger charge is 2.13. The number of carbonyl (C=O) groups is 2.